The third kappa shape index (κ3) is 4.92. The van der Waals surface area contributed by atoms with Crippen molar-refractivity contribution in [3.8, 4) is 0 Å². The molecule has 1 amide bonds. The number of benzene rings is 2. The first-order valence-electron chi connectivity index (χ1n) is 13.0. The van der Waals surface area contributed by atoms with Crippen molar-refractivity contribution in [1.82, 2.24) is 4.90 Å². The van der Waals surface area contributed by atoms with Gasteiger partial charge in [0.25, 0.3) is 0 Å². The molecule has 3 unspecified atom stereocenters. The molecule has 0 N–H and O–H groups in total. The highest BCUT2D eigenvalue weighted by Gasteiger charge is 2.57. The molecule has 5 nitrogen and oxygen atoms in total. The predicted octanol–water partition coefficient (Wildman–Crippen LogP) is 5.44. The van der Waals surface area contributed by atoms with Gasteiger partial charge in [-0.25, -0.2) is 12.8 Å². The van der Waals surface area contributed by atoms with E-state index in [0.29, 0.717) is 43.6 Å². The maximum atomic E-state index is 15.0. The minimum Gasteiger partial charge on any atom is -0.372 e. The summed E-state index contributed by atoms with van der Waals surface area (Å²) in [5.41, 5.74) is -2.33. The molecule has 11 heteroatoms. The number of fused-ring (bicyclic) bond motifs is 3. The number of alkyl halides is 4. The number of halogens is 5. The standard InChI is InChI=1S/C28H31ClF4N2O3S/c1-26(30,28(31,32)33)20-5-8-22-23(15-20)34(2)17-24-27(22,16-18-3-6-21(29)7-4-18)11-12-35(24)25(36)19-9-13-39(37,38)14-10-19/h3-8,15,19,24H,9-14,16-17H2,1-2H3. The van der Waals surface area contributed by atoms with Gasteiger partial charge in [0.15, 0.2) is 0 Å². The summed E-state index contributed by atoms with van der Waals surface area (Å²) in [5, 5.41) is 0.575. The summed E-state index contributed by atoms with van der Waals surface area (Å²) in [6, 6.07) is 11.2. The van der Waals surface area contributed by atoms with Crippen LogP contribution in [0.5, 0.6) is 0 Å². The van der Waals surface area contributed by atoms with Crippen LogP contribution >= 0.6 is 11.6 Å². The first-order chi connectivity index (χ1) is 18.1. The van der Waals surface area contributed by atoms with Gasteiger partial charge in [0.2, 0.25) is 11.6 Å². The molecule has 0 aromatic heterocycles. The Bertz CT molecular complexity index is 1370. The maximum absolute atomic E-state index is 15.0. The lowest BCUT2D eigenvalue weighted by Gasteiger charge is -2.48. The molecule has 39 heavy (non-hydrogen) atoms. The largest absolute Gasteiger partial charge is 0.426 e. The van der Waals surface area contributed by atoms with Gasteiger partial charge in [-0.15, -0.1) is 0 Å². The molecule has 3 aliphatic rings. The number of carbonyl (C=O) groups excluding carboxylic acids is 1. The van der Waals surface area contributed by atoms with Crippen molar-refractivity contribution >= 4 is 33.0 Å². The monoisotopic (exact) mass is 586 g/mol. The summed E-state index contributed by atoms with van der Waals surface area (Å²) in [7, 11) is -1.39. The summed E-state index contributed by atoms with van der Waals surface area (Å²) >= 11 is 6.10. The van der Waals surface area contributed by atoms with E-state index in [1.54, 1.807) is 30.1 Å². The van der Waals surface area contributed by atoms with E-state index in [0.717, 1.165) is 11.1 Å². The highest BCUT2D eigenvalue weighted by molar-refractivity contribution is 7.91. The van der Waals surface area contributed by atoms with Crippen LogP contribution in [0.1, 0.15) is 42.9 Å². The Morgan fingerprint density at radius 3 is 2.33 bits per heavy atom. The fourth-order valence-electron chi connectivity index (χ4n) is 6.51. The molecular weight excluding hydrogens is 556 g/mol. The fraction of sp³-hybridized carbons (Fsp3) is 0.536. The first-order valence-corrected chi connectivity index (χ1v) is 15.2. The molecule has 2 aromatic rings. The quantitative estimate of drug-likeness (QED) is 0.448. The highest BCUT2D eigenvalue weighted by Crippen LogP contribution is 2.52. The fourth-order valence-corrected chi connectivity index (χ4v) is 8.13. The number of rotatable bonds is 4. The normalized spacial score (nSPS) is 26.6. The van der Waals surface area contributed by atoms with E-state index >= 15 is 0 Å². The van der Waals surface area contributed by atoms with Gasteiger partial charge in [0.05, 0.1) is 17.5 Å². The van der Waals surface area contributed by atoms with Crippen LogP contribution in [0.15, 0.2) is 42.5 Å². The number of carbonyl (C=O) groups is 1. The van der Waals surface area contributed by atoms with Crippen molar-refractivity contribution in [2.45, 2.75) is 55.9 Å². The summed E-state index contributed by atoms with van der Waals surface area (Å²) in [5.74, 6) is -0.475. The molecule has 0 radical (unpaired) electrons. The Hall–Kier alpha value is -2.33. The van der Waals surface area contributed by atoms with Crippen molar-refractivity contribution in [3.63, 3.8) is 0 Å². The van der Waals surface area contributed by atoms with Crippen LogP contribution in [0, 0.1) is 5.92 Å². The lowest BCUT2D eigenvalue weighted by Crippen LogP contribution is -2.56. The lowest BCUT2D eigenvalue weighted by atomic mass is 9.67. The summed E-state index contributed by atoms with van der Waals surface area (Å²) < 4.78 is 79.5. The second kappa shape index (κ2) is 9.65. The van der Waals surface area contributed by atoms with E-state index in [-0.39, 0.29) is 42.2 Å². The molecule has 2 aromatic carbocycles. The minimum absolute atomic E-state index is 0.00938. The van der Waals surface area contributed by atoms with Crippen LogP contribution in [0.2, 0.25) is 5.02 Å². The minimum atomic E-state index is -5.07. The molecule has 3 heterocycles. The Morgan fingerprint density at radius 2 is 1.72 bits per heavy atom. The van der Waals surface area contributed by atoms with Gasteiger partial charge in [-0.3, -0.25) is 4.79 Å². The molecule has 0 spiro atoms. The highest BCUT2D eigenvalue weighted by atomic mass is 35.5. The average Bonchev–Trinajstić information content (AvgIpc) is 3.23. The van der Waals surface area contributed by atoms with E-state index in [1.165, 1.54) is 12.1 Å². The Kier molecular flexibility index (Phi) is 6.98. The van der Waals surface area contributed by atoms with E-state index < -0.39 is 32.7 Å². The molecule has 2 saturated heterocycles. The van der Waals surface area contributed by atoms with E-state index in [1.807, 2.05) is 17.0 Å². The van der Waals surface area contributed by atoms with Crippen molar-refractivity contribution in [3.05, 3.63) is 64.2 Å². The average molecular weight is 587 g/mol. The summed E-state index contributed by atoms with van der Waals surface area (Å²) in [6.07, 6.45) is -3.40. The molecule has 2 fully saturated rings. The van der Waals surface area contributed by atoms with Gasteiger partial charge < -0.3 is 9.80 Å². The van der Waals surface area contributed by atoms with Crippen LogP contribution in [-0.2, 0) is 32.1 Å². The zero-order chi connectivity index (χ0) is 28.4. The molecule has 212 valence electrons. The number of sulfone groups is 1. The van der Waals surface area contributed by atoms with Crippen LogP contribution in [0.25, 0.3) is 0 Å². The van der Waals surface area contributed by atoms with Crippen LogP contribution < -0.4 is 4.90 Å². The zero-order valence-corrected chi connectivity index (χ0v) is 23.3. The topological polar surface area (TPSA) is 57.7 Å². The van der Waals surface area contributed by atoms with Gasteiger partial charge in [0, 0.05) is 47.7 Å². The summed E-state index contributed by atoms with van der Waals surface area (Å²) in [6.45, 7) is 1.33. The second-order valence-electron chi connectivity index (χ2n) is 11.3. The molecule has 3 aliphatic heterocycles. The van der Waals surface area contributed by atoms with E-state index in [9.17, 15) is 30.8 Å². The predicted molar refractivity (Wildman–Crippen MR) is 143 cm³/mol. The van der Waals surface area contributed by atoms with Crippen LogP contribution in [0.3, 0.4) is 0 Å². The van der Waals surface area contributed by atoms with Gasteiger partial charge in [0.1, 0.15) is 9.84 Å². The van der Waals surface area contributed by atoms with Gasteiger partial charge in [-0.05, 0) is 61.9 Å². The number of amides is 1. The van der Waals surface area contributed by atoms with E-state index in [4.69, 9.17) is 11.6 Å². The lowest BCUT2D eigenvalue weighted by molar-refractivity contribution is -0.228. The number of nitrogens with zero attached hydrogens (tertiary/aromatic N) is 2. The molecule has 0 bridgehead atoms. The molecular formula is C28H31ClF4N2O3S. The van der Waals surface area contributed by atoms with Gasteiger partial charge in [-0.1, -0.05) is 35.9 Å². The second-order valence-corrected chi connectivity index (χ2v) is 14.0. The smallest absolute Gasteiger partial charge is 0.372 e. The zero-order valence-electron chi connectivity index (χ0n) is 21.8. The summed E-state index contributed by atoms with van der Waals surface area (Å²) in [4.78, 5) is 17.4. The van der Waals surface area contributed by atoms with E-state index in [2.05, 4.69) is 0 Å². The number of anilines is 1. The van der Waals surface area contributed by atoms with Gasteiger partial charge >= 0.3 is 6.18 Å². The number of hydrogen-bond donors (Lipinski definition) is 0. The Labute approximate surface area is 231 Å². The third-order valence-corrected chi connectivity index (χ3v) is 10.9. The molecule has 0 aliphatic carbocycles. The number of hydrogen-bond acceptors (Lipinski definition) is 4. The number of likely N-dealkylation sites (N-methyl/N-ethyl adjacent to an activating group) is 1. The van der Waals surface area contributed by atoms with Crippen molar-refractivity contribution in [2.24, 2.45) is 5.92 Å². The van der Waals surface area contributed by atoms with Crippen molar-refractivity contribution < 1.29 is 30.8 Å². The first kappa shape index (κ1) is 28.2. The van der Waals surface area contributed by atoms with Crippen LogP contribution in [-0.4, -0.2) is 63.1 Å². The van der Waals surface area contributed by atoms with Gasteiger partial charge in [-0.2, -0.15) is 13.2 Å². The van der Waals surface area contributed by atoms with Crippen LogP contribution in [0.4, 0.5) is 23.2 Å². The third-order valence-electron chi connectivity index (χ3n) is 8.90. The van der Waals surface area contributed by atoms with Crippen molar-refractivity contribution in [1.29, 1.82) is 0 Å². The Morgan fingerprint density at radius 1 is 1.08 bits per heavy atom. The molecule has 0 saturated carbocycles. The van der Waals surface area contributed by atoms with Crippen molar-refractivity contribution in [2.75, 3.05) is 36.5 Å². The number of likely N-dealkylation sites (tertiary alicyclic amines) is 1. The molecule has 3 atom stereocenters. The maximum Gasteiger partial charge on any atom is 0.426 e. The molecule has 5 rings (SSSR count). The SMILES string of the molecule is CN1CC2N(C(=O)C3CCS(=O)(=O)CC3)CCC2(Cc2ccc(Cl)cc2)c2ccc(C(C)(F)C(F)(F)F)cc21. The Balaban J connectivity index is 1.56.